The maximum Gasteiger partial charge on any atom is 0.0380 e. The van der Waals surface area contributed by atoms with Gasteiger partial charge in [-0.25, -0.2) is 0 Å². The Hall–Kier alpha value is -0.540. The maximum atomic E-state index is 5.86. The van der Waals surface area contributed by atoms with Crippen molar-refractivity contribution in [3.05, 3.63) is 28.2 Å². The molecular weight excluding hydrogens is 288 g/mol. The minimum absolute atomic E-state index is 0.198. The van der Waals surface area contributed by atoms with Crippen LogP contribution in [-0.4, -0.2) is 18.6 Å². The lowest BCUT2D eigenvalue weighted by Gasteiger charge is -2.29. The van der Waals surface area contributed by atoms with Crippen LogP contribution >= 0.6 is 15.9 Å². The Morgan fingerprint density at radius 3 is 2.39 bits per heavy atom. The van der Waals surface area contributed by atoms with E-state index in [1.54, 1.807) is 0 Å². The second-order valence-corrected chi connectivity index (χ2v) is 6.10. The predicted molar refractivity (Wildman–Crippen MR) is 84.3 cm³/mol. The van der Waals surface area contributed by atoms with E-state index in [0.29, 0.717) is 6.04 Å². The van der Waals surface area contributed by atoms with E-state index in [2.05, 4.69) is 59.8 Å². The molecule has 0 saturated heterocycles. The average Bonchev–Trinajstić information content (AvgIpc) is 2.28. The van der Waals surface area contributed by atoms with Gasteiger partial charge in [0.2, 0.25) is 0 Å². The van der Waals surface area contributed by atoms with Crippen molar-refractivity contribution in [1.82, 2.24) is 0 Å². The van der Waals surface area contributed by atoms with Gasteiger partial charge in [0.1, 0.15) is 0 Å². The van der Waals surface area contributed by atoms with Crippen molar-refractivity contribution in [3.8, 4) is 0 Å². The summed E-state index contributed by atoms with van der Waals surface area (Å²) in [5, 5.41) is 0. The Morgan fingerprint density at radius 2 is 1.94 bits per heavy atom. The Morgan fingerprint density at radius 1 is 1.28 bits per heavy atom. The van der Waals surface area contributed by atoms with E-state index in [1.807, 2.05) is 6.92 Å². The van der Waals surface area contributed by atoms with E-state index in [1.165, 1.54) is 15.7 Å². The first-order valence-electron chi connectivity index (χ1n) is 6.76. The average molecular weight is 313 g/mol. The van der Waals surface area contributed by atoms with E-state index in [4.69, 9.17) is 5.73 Å². The molecule has 1 aromatic rings. The molecule has 1 rings (SSSR count). The van der Waals surface area contributed by atoms with Gasteiger partial charge in [0.25, 0.3) is 0 Å². The fraction of sp³-hybridized carbons (Fsp3) is 0.600. The highest BCUT2D eigenvalue weighted by atomic mass is 79.9. The van der Waals surface area contributed by atoms with E-state index in [-0.39, 0.29) is 6.04 Å². The maximum absolute atomic E-state index is 5.86. The number of rotatable bonds is 6. The fourth-order valence-corrected chi connectivity index (χ4v) is 2.68. The molecule has 1 atom stereocenters. The molecule has 2 nitrogen and oxygen atoms in total. The van der Waals surface area contributed by atoms with E-state index in [9.17, 15) is 0 Å². The lowest BCUT2D eigenvalue weighted by molar-refractivity contribution is 0.670. The van der Waals surface area contributed by atoms with Crippen LogP contribution in [0.4, 0.5) is 5.69 Å². The highest BCUT2D eigenvalue weighted by molar-refractivity contribution is 9.10. The van der Waals surface area contributed by atoms with Crippen molar-refractivity contribution in [3.63, 3.8) is 0 Å². The lowest BCUT2D eigenvalue weighted by Crippen LogP contribution is -2.31. The molecule has 0 saturated carbocycles. The summed E-state index contributed by atoms with van der Waals surface area (Å²) in [6.07, 6.45) is 2.08. The molecule has 3 heteroatoms. The van der Waals surface area contributed by atoms with Crippen LogP contribution < -0.4 is 10.6 Å². The topological polar surface area (TPSA) is 29.3 Å². The van der Waals surface area contributed by atoms with Crippen molar-refractivity contribution >= 4 is 21.6 Å². The summed E-state index contributed by atoms with van der Waals surface area (Å²) in [6, 6.07) is 7.33. The smallest absolute Gasteiger partial charge is 0.0380 e. The number of halogens is 1. The number of benzene rings is 1. The zero-order valence-electron chi connectivity index (χ0n) is 11.9. The van der Waals surface area contributed by atoms with Crippen LogP contribution in [0, 0.1) is 0 Å². The summed E-state index contributed by atoms with van der Waals surface area (Å²) < 4.78 is 1.17. The molecule has 0 fully saturated rings. The third-order valence-electron chi connectivity index (χ3n) is 3.00. The van der Waals surface area contributed by atoms with Crippen LogP contribution in [0.15, 0.2) is 22.7 Å². The van der Waals surface area contributed by atoms with Crippen LogP contribution in [0.1, 0.15) is 39.7 Å². The first-order chi connectivity index (χ1) is 8.45. The van der Waals surface area contributed by atoms with Crippen molar-refractivity contribution < 1.29 is 0 Å². The van der Waals surface area contributed by atoms with Gasteiger partial charge in [-0.1, -0.05) is 28.9 Å². The molecule has 18 heavy (non-hydrogen) atoms. The molecule has 0 bridgehead atoms. The van der Waals surface area contributed by atoms with E-state index >= 15 is 0 Å². The number of nitrogens with two attached hydrogens (primary N) is 1. The van der Waals surface area contributed by atoms with Crippen molar-refractivity contribution in [2.75, 3.05) is 11.4 Å². The van der Waals surface area contributed by atoms with Gasteiger partial charge in [0.05, 0.1) is 0 Å². The summed E-state index contributed by atoms with van der Waals surface area (Å²) in [4.78, 5) is 2.43. The lowest BCUT2D eigenvalue weighted by atomic mass is 10.1. The van der Waals surface area contributed by atoms with Gasteiger partial charge >= 0.3 is 0 Å². The quantitative estimate of drug-likeness (QED) is 0.861. The molecule has 102 valence electrons. The fourth-order valence-electron chi connectivity index (χ4n) is 2.15. The number of nitrogens with zero attached hydrogens (tertiary/aromatic N) is 1. The van der Waals surface area contributed by atoms with Crippen molar-refractivity contribution in [2.45, 2.75) is 52.6 Å². The molecule has 0 aliphatic heterocycles. The monoisotopic (exact) mass is 312 g/mol. The SMILES string of the molecule is CCCN(c1ccc(CC(C)N)c(Br)c1)C(C)C. The summed E-state index contributed by atoms with van der Waals surface area (Å²) in [5.74, 6) is 0. The number of hydrogen-bond donors (Lipinski definition) is 1. The first-order valence-corrected chi connectivity index (χ1v) is 7.55. The molecule has 0 spiro atoms. The Bertz CT molecular complexity index is 375. The summed E-state index contributed by atoms with van der Waals surface area (Å²) in [5.41, 5.74) is 8.43. The largest absolute Gasteiger partial charge is 0.369 e. The molecule has 0 aliphatic rings. The molecule has 2 N–H and O–H groups in total. The Balaban J connectivity index is 2.94. The zero-order chi connectivity index (χ0) is 13.7. The molecule has 0 amide bonds. The number of anilines is 1. The molecule has 0 radical (unpaired) electrons. The molecule has 0 aromatic heterocycles. The van der Waals surface area contributed by atoms with Crippen LogP contribution in [0.5, 0.6) is 0 Å². The highest BCUT2D eigenvalue weighted by Crippen LogP contribution is 2.26. The number of hydrogen-bond acceptors (Lipinski definition) is 2. The van der Waals surface area contributed by atoms with E-state index in [0.717, 1.165) is 19.4 Å². The van der Waals surface area contributed by atoms with Crippen LogP contribution in [0.25, 0.3) is 0 Å². The normalized spacial score (nSPS) is 12.8. The van der Waals surface area contributed by atoms with Crippen LogP contribution in [0.3, 0.4) is 0 Å². The third kappa shape index (κ3) is 4.29. The molecule has 1 aromatic carbocycles. The van der Waals surface area contributed by atoms with Gasteiger partial charge in [-0.15, -0.1) is 0 Å². The van der Waals surface area contributed by atoms with Crippen molar-refractivity contribution in [2.24, 2.45) is 5.73 Å². The first kappa shape index (κ1) is 15.5. The molecule has 0 heterocycles. The van der Waals surface area contributed by atoms with Crippen LogP contribution in [0.2, 0.25) is 0 Å². The van der Waals surface area contributed by atoms with Crippen LogP contribution in [-0.2, 0) is 6.42 Å². The highest BCUT2D eigenvalue weighted by Gasteiger charge is 2.11. The van der Waals surface area contributed by atoms with Gasteiger partial charge in [-0.2, -0.15) is 0 Å². The standard InChI is InChI=1S/C15H25BrN2/c1-5-8-18(11(2)3)14-7-6-13(9-12(4)17)15(16)10-14/h6-7,10-12H,5,8-9,17H2,1-4H3. The summed E-state index contributed by atoms with van der Waals surface area (Å²) in [7, 11) is 0. The van der Waals surface area contributed by atoms with E-state index < -0.39 is 0 Å². The second-order valence-electron chi connectivity index (χ2n) is 5.24. The molecule has 0 aliphatic carbocycles. The zero-order valence-corrected chi connectivity index (χ0v) is 13.5. The molecule has 1 unspecified atom stereocenters. The van der Waals surface area contributed by atoms with Gasteiger partial charge in [0, 0.05) is 28.8 Å². The Kier molecular flexibility index (Phi) is 6.16. The van der Waals surface area contributed by atoms with Gasteiger partial charge in [0.15, 0.2) is 0 Å². The Labute approximate surface area is 120 Å². The summed E-state index contributed by atoms with van der Waals surface area (Å²) >= 11 is 3.66. The van der Waals surface area contributed by atoms with Gasteiger partial charge in [-0.3, -0.25) is 0 Å². The predicted octanol–water partition coefficient (Wildman–Crippen LogP) is 3.96. The summed E-state index contributed by atoms with van der Waals surface area (Å²) in [6.45, 7) is 9.82. The van der Waals surface area contributed by atoms with Gasteiger partial charge < -0.3 is 10.6 Å². The van der Waals surface area contributed by atoms with Gasteiger partial charge in [-0.05, 0) is 51.3 Å². The van der Waals surface area contributed by atoms with Crippen molar-refractivity contribution in [1.29, 1.82) is 0 Å². The minimum atomic E-state index is 0.198. The third-order valence-corrected chi connectivity index (χ3v) is 3.74. The minimum Gasteiger partial charge on any atom is -0.369 e. The molecular formula is C15H25BrN2. The second kappa shape index (κ2) is 7.15.